The Labute approximate surface area is 118 Å². The zero-order chi connectivity index (χ0) is 16.0. The van der Waals surface area contributed by atoms with Crippen molar-refractivity contribution in [1.82, 2.24) is 0 Å². The molecule has 116 valence electrons. The number of carbonyl (C=O) groups excluding carboxylic acids is 2. The highest BCUT2D eigenvalue weighted by Crippen LogP contribution is 2.23. The van der Waals surface area contributed by atoms with Crippen LogP contribution >= 0.6 is 0 Å². The average molecular weight is 305 g/mol. The third-order valence-corrected chi connectivity index (χ3v) is 2.45. The van der Waals surface area contributed by atoms with Gasteiger partial charge in [0.1, 0.15) is 11.7 Å². The van der Waals surface area contributed by atoms with Gasteiger partial charge in [-0.05, 0) is 31.0 Å². The highest BCUT2D eigenvalue weighted by atomic mass is 19.4. The summed E-state index contributed by atoms with van der Waals surface area (Å²) in [5.41, 5.74) is 0.340. The first kappa shape index (κ1) is 16.8. The molecule has 1 aromatic carbocycles. The van der Waals surface area contributed by atoms with E-state index in [1.165, 1.54) is 19.1 Å². The fourth-order valence-corrected chi connectivity index (χ4v) is 1.57. The summed E-state index contributed by atoms with van der Waals surface area (Å²) in [6.07, 6.45) is -5.05. The zero-order valence-corrected chi connectivity index (χ0v) is 11.0. The van der Waals surface area contributed by atoms with E-state index in [1.807, 2.05) is 0 Å². The van der Waals surface area contributed by atoms with Crippen molar-refractivity contribution in [2.24, 2.45) is 5.92 Å². The topological polar surface area (TPSA) is 75.7 Å². The number of esters is 1. The van der Waals surface area contributed by atoms with Crippen molar-refractivity contribution >= 4 is 11.9 Å². The number of hydrogen-bond acceptors (Lipinski definition) is 5. The molecule has 0 amide bonds. The van der Waals surface area contributed by atoms with E-state index in [0.717, 1.165) is 12.1 Å². The van der Waals surface area contributed by atoms with Crippen molar-refractivity contribution in [2.75, 3.05) is 6.61 Å². The van der Waals surface area contributed by atoms with Crippen LogP contribution in [0.25, 0.3) is 0 Å². The quantitative estimate of drug-likeness (QED) is 0.580. The lowest BCUT2D eigenvalue weighted by Crippen LogP contribution is -2.38. The van der Waals surface area contributed by atoms with E-state index in [-0.39, 0.29) is 13.0 Å². The fourth-order valence-electron chi connectivity index (χ4n) is 1.57. The predicted molar refractivity (Wildman–Crippen MR) is 62.0 cm³/mol. The normalized spacial score (nSPS) is 12.6. The van der Waals surface area contributed by atoms with Crippen LogP contribution in [0.3, 0.4) is 0 Å². The second-order valence-corrected chi connectivity index (χ2v) is 4.02. The lowest BCUT2D eigenvalue weighted by Gasteiger charge is -2.16. The van der Waals surface area contributed by atoms with E-state index >= 15 is 0 Å². The molecule has 21 heavy (non-hydrogen) atoms. The van der Waals surface area contributed by atoms with Gasteiger partial charge in [0.2, 0.25) is 0 Å². The number of ether oxygens (including phenoxy) is 2. The molecule has 1 unspecified atom stereocenters. The highest BCUT2D eigenvalue weighted by molar-refractivity contribution is 5.93. The standard InChI is InChI=1S/C13H13F3O5/c1-2-20-12(19)10(11(17)18)7-8-3-5-9(6-4-8)21-13(14,15)16/h3-6,10H,2,7H2,1H3,(H,17,18)/p-1. The van der Waals surface area contributed by atoms with E-state index in [2.05, 4.69) is 9.47 Å². The Morgan fingerprint density at radius 1 is 1.24 bits per heavy atom. The van der Waals surface area contributed by atoms with Crippen molar-refractivity contribution in [3.8, 4) is 5.75 Å². The van der Waals surface area contributed by atoms with Gasteiger partial charge in [0.25, 0.3) is 0 Å². The molecule has 0 saturated heterocycles. The van der Waals surface area contributed by atoms with E-state index in [0.29, 0.717) is 5.56 Å². The molecule has 0 aliphatic heterocycles. The van der Waals surface area contributed by atoms with Crippen LogP contribution in [-0.2, 0) is 20.7 Å². The molecular formula is C13H12F3O5-. The van der Waals surface area contributed by atoms with Crippen LogP contribution in [0, 0.1) is 5.92 Å². The minimum absolute atomic E-state index is 0.0149. The Balaban J connectivity index is 2.77. The number of carboxylic acids is 1. The molecule has 5 nitrogen and oxygen atoms in total. The number of carbonyl (C=O) groups is 2. The predicted octanol–water partition coefficient (Wildman–Crippen LogP) is 1.06. The monoisotopic (exact) mass is 305 g/mol. The average Bonchev–Trinajstić information content (AvgIpc) is 2.35. The van der Waals surface area contributed by atoms with Gasteiger partial charge in [-0.15, -0.1) is 13.2 Å². The van der Waals surface area contributed by atoms with Crippen molar-refractivity contribution in [3.05, 3.63) is 29.8 Å². The first-order chi connectivity index (χ1) is 9.73. The number of halogens is 3. The maximum Gasteiger partial charge on any atom is 0.573 e. The van der Waals surface area contributed by atoms with Crippen molar-refractivity contribution < 1.29 is 37.3 Å². The second kappa shape index (κ2) is 6.96. The maximum atomic E-state index is 12.0. The molecule has 0 saturated carbocycles. The van der Waals surface area contributed by atoms with E-state index in [1.54, 1.807) is 0 Å². The van der Waals surface area contributed by atoms with Gasteiger partial charge in [0.05, 0.1) is 12.6 Å². The van der Waals surface area contributed by atoms with Gasteiger partial charge in [-0.1, -0.05) is 12.1 Å². The van der Waals surface area contributed by atoms with Crippen molar-refractivity contribution in [1.29, 1.82) is 0 Å². The van der Waals surface area contributed by atoms with Crippen molar-refractivity contribution in [2.45, 2.75) is 19.7 Å². The molecule has 0 bridgehead atoms. The van der Waals surface area contributed by atoms with Gasteiger partial charge in [-0.2, -0.15) is 0 Å². The Morgan fingerprint density at radius 3 is 2.24 bits per heavy atom. The van der Waals surface area contributed by atoms with E-state index in [4.69, 9.17) is 0 Å². The van der Waals surface area contributed by atoms with Crippen molar-refractivity contribution in [3.63, 3.8) is 0 Å². The Kier molecular flexibility index (Phi) is 5.57. The largest absolute Gasteiger partial charge is 0.573 e. The summed E-state index contributed by atoms with van der Waals surface area (Å²) in [5.74, 6) is -4.51. The molecule has 0 heterocycles. The summed E-state index contributed by atoms with van der Waals surface area (Å²) in [5, 5.41) is 10.9. The van der Waals surface area contributed by atoms with Crippen LogP contribution in [0.15, 0.2) is 24.3 Å². The number of alkyl halides is 3. The van der Waals surface area contributed by atoms with Gasteiger partial charge in [0, 0.05) is 0 Å². The highest BCUT2D eigenvalue weighted by Gasteiger charge is 2.31. The van der Waals surface area contributed by atoms with Gasteiger partial charge in [-0.3, -0.25) is 4.79 Å². The fraction of sp³-hybridized carbons (Fsp3) is 0.385. The van der Waals surface area contributed by atoms with E-state index < -0.39 is 30.0 Å². The molecule has 0 aromatic heterocycles. The molecule has 0 spiro atoms. The SMILES string of the molecule is CCOC(=O)C(Cc1ccc(OC(F)(F)F)cc1)C(=O)[O-]. The van der Waals surface area contributed by atoms with Gasteiger partial charge in [-0.25, -0.2) is 0 Å². The van der Waals surface area contributed by atoms with Gasteiger partial charge >= 0.3 is 12.3 Å². The summed E-state index contributed by atoms with van der Waals surface area (Å²) >= 11 is 0. The number of aliphatic carboxylic acids is 1. The molecule has 8 heteroatoms. The molecule has 0 radical (unpaired) electrons. The Bertz CT molecular complexity index is 496. The molecule has 0 fully saturated rings. The van der Waals surface area contributed by atoms with Crippen LogP contribution in [0.5, 0.6) is 5.75 Å². The van der Waals surface area contributed by atoms with Crippen LogP contribution in [0.2, 0.25) is 0 Å². The second-order valence-electron chi connectivity index (χ2n) is 4.02. The number of benzene rings is 1. The lowest BCUT2D eigenvalue weighted by molar-refractivity contribution is -0.310. The number of hydrogen-bond donors (Lipinski definition) is 0. The minimum Gasteiger partial charge on any atom is -0.549 e. The summed E-state index contributed by atoms with van der Waals surface area (Å²) < 4.78 is 44.2. The third-order valence-electron chi connectivity index (χ3n) is 2.45. The Morgan fingerprint density at radius 2 is 1.81 bits per heavy atom. The van der Waals surface area contributed by atoms with Gasteiger partial charge in [0.15, 0.2) is 0 Å². The van der Waals surface area contributed by atoms with Crippen LogP contribution < -0.4 is 9.84 Å². The smallest absolute Gasteiger partial charge is 0.549 e. The number of carboxylic acid groups (broad SMARTS) is 1. The molecule has 0 aliphatic rings. The molecule has 0 aliphatic carbocycles. The first-order valence-corrected chi connectivity index (χ1v) is 5.95. The molecule has 1 rings (SSSR count). The molecular weight excluding hydrogens is 293 g/mol. The number of rotatable bonds is 6. The maximum absolute atomic E-state index is 12.0. The Hall–Kier alpha value is -2.25. The molecule has 0 N–H and O–H groups in total. The summed E-state index contributed by atoms with van der Waals surface area (Å²) in [6, 6.07) is 4.52. The van der Waals surface area contributed by atoms with Crippen LogP contribution in [0.4, 0.5) is 13.2 Å². The van der Waals surface area contributed by atoms with E-state index in [9.17, 15) is 27.9 Å². The van der Waals surface area contributed by atoms with Crippen LogP contribution in [0.1, 0.15) is 12.5 Å². The zero-order valence-electron chi connectivity index (χ0n) is 11.0. The third kappa shape index (κ3) is 5.72. The van der Waals surface area contributed by atoms with Gasteiger partial charge < -0.3 is 19.4 Å². The minimum atomic E-state index is -4.81. The lowest BCUT2D eigenvalue weighted by atomic mass is 9.99. The van der Waals surface area contributed by atoms with Crippen LogP contribution in [-0.4, -0.2) is 24.9 Å². The summed E-state index contributed by atoms with van der Waals surface area (Å²) in [4.78, 5) is 22.3. The summed E-state index contributed by atoms with van der Waals surface area (Å²) in [7, 11) is 0. The first-order valence-electron chi connectivity index (χ1n) is 5.95. The summed E-state index contributed by atoms with van der Waals surface area (Å²) in [6.45, 7) is 1.54. The molecule has 1 atom stereocenters. The molecule has 1 aromatic rings.